The summed E-state index contributed by atoms with van der Waals surface area (Å²) in [7, 11) is 0. The summed E-state index contributed by atoms with van der Waals surface area (Å²) in [4.78, 5) is 23.3. The van der Waals surface area contributed by atoms with Gasteiger partial charge in [-0.05, 0) is 61.3 Å². The highest BCUT2D eigenvalue weighted by Crippen LogP contribution is 2.34. The van der Waals surface area contributed by atoms with Crippen LogP contribution in [0.25, 0.3) is 56.0 Å². The average Bonchev–Trinajstić information content (AvgIpc) is 3.68. The van der Waals surface area contributed by atoms with Crippen molar-refractivity contribution in [3.63, 3.8) is 0 Å². The number of fused-ring (bicyclic) bond motifs is 2. The molecular weight excluding hydrogens is 486 g/mol. The number of aromatic nitrogens is 7. The van der Waals surface area contributed by atoms with E-state index in [4.69, 9.17) is 4.98 Å². The lowest BCUT2D eigenvalue weighted by molar-refractivity contribution is 0.331. The topological polar surface area (TPSA) is 99.3 Å². The number of halogens is 2. The van der Waals surface area contributed by atoms with Crippen LogP contribution in [0, 0.1) is 11.6 Å². The highest BCUT2D eigenvalue weighted by Gasteiger charge is 2.22. The van der Waals surface area contributed by atoms with Crippen LogP contribution in [0.3, 0.4) is 0 Å². The van der Waals surface area contributed by atoms with Crippen LogP contribution in [0.4, 0.5) is 8.78 Å². The largest absolute Gasteiger partial charge is 0.321 e. The molecule has 0 aliphatic carbocycles. The molecule has 1 saturated heterocycles. The van der Waals surface area contributed by atoms with E-state index in [2.05, 4.69) is 35.0 Å². The first-order valence-corrected chi connectivity index (χ1v) is 12.4. The van der Waals surface area contributed by atoms with E-state index in [-0.39, 0.29) is 16.9 Å². The molecule has 2 N–H and O–H groups in total. The Labute approximate surface area is 215 Å². The number of benzene rings is 1. The molecule has 0 amide bonds. The molecule has 6 aromatic rings. The summed E-state index contributed by atoms with van der Waals surface area (Å²) in [6.07, 6.45) is 9.03. The Morgan fingerprint density at radius 3 is 2.68 bits per heavy atom. The number of likely N-dealkylation sites (tertiary alicyclic amines) is 1. The molecule has 10 heteroatoms. The van der Waals surface area contributed by atoms with Crippen molar-refractivity contribution in [3.05, 3.63) is 78.4 Å². The van der Waals surface area contributed by atoms with E-state index in [1.165, 1.54) is 25.0 Å². The van der Waals surface area contributed by atoms with Crippen molar-refractivity contribution in [1.82, 2.24) is 40.0 Å². The van der Waals surface area contributed by atoms with Crippen LogP contribution in [0.2, 0.25) is 0 Å². The first-order chi connectivity index (χ1) is 18.6. The number of aromatic amines is 2. The van der Waals surface area contributed by atoms with E-state index in [1.54, 1.807) is 36.8 Å². The molecule has 1 aliphatic rings. The highest BCUT2D eigenvalue weighted by atomic mass is 19.1. The van der Waals surface area contributed by atoms with Gasteiger partial charge in [0.15, 0.2) is 17.3 Å². The standard InChI is InChI=1S/C28H22F2N8/c29-19-5-3-4-17(11-19)20-6-7-32-27-25(20)34-28(35-27)26-22-21(36-37-26)14-33-24(23(22)30)18-10-16(12-31-13-18)15-38-8-1-2-9-38/h3-7,10-14H,1-2,8-9,15H2,(H,36,37)(H,32,34,35). The van der Waals surface area contributed by atoms with Gasteiger partial charge in [-0.25, -0.2) is 18.7 Å². The van der Waals surface area contributed by atoms with Crippen molar-refractivity contribution in [2.24, 2.45) is 0 Å². The molecular formula is C28H22F2N8. The molecule has 6 heterocycles. The van der Waals surface area contributed by atoms with Crippen LogP contribution in [0.1, 0.15) is 18.4 Å². The number of rotatable bonds is 5. The van der Waals surface area contributed by atoms with Crippen LogP contribution in [0.15, 0.2) is 61.2 Å². The number of H-pyrrole nitrogens is 2. The minimum Gasteiger partial charge on any atom is -0.321 e. The number of pyridine rings is 3. The summed E-state index contributed by atoms with van der Waals surface area (Å²) in [5, 5.41) is 7.48. The third kappa shape index (κ3) is 3.90. The molecule has 0 radical (unpaired) electrons. The smallest absolute Gasteiger partial charge is 0.161 e. The molecule has 0 unspecified atom stereocenters. The zero-order valence-corrected chi connectivity index (χ0v) is 20.2. The van der Waals surface area contributed by atoms with Crippen molar-refractivity contribution >= 4 is 22.1 Å². The molecule has 1 aromatic carbocycles. The van der Waals surface area contributed by atoms with E-state index in [0.717, 1.165) is 25.2 Å². The summed E-state index contributed by atoms with van der Waals surface area (Å²) >= 11 is 0. The number of hydrogen-bond acceptors (Lipinski definition) is 6. The second kappa shape index (κ2) is 9.07. The summed E-state index contributed by atoms with van der Waals surface area (Å²) < 4.78 is 29.9. The van der Waals surface area contributed by atoms with Gasteiger partial charge in [0.25, 0.3) is 0 Å². The number of imidazole rings is 1. The highest BCUT2D eigenvalue weighted by molar-refractivity contribution is 5.97. The Morgan fingerprint density at radius 1 is 0.921 bits per heavy atom. The number of nitrogens with one attached hydrogen (secondary N) is 2. The summed E-state index contributed by atoms with van der Waals surface area (Å²) in [6, 6.07) is 9.99. The monoisotopic (exact) mass is 508 g/mol. The molecule has 7 rings (SSSR count). The van der Waals surface area contributed by atoms with Gasteiger partial charge in [-0.3, -0.25) is 20.0 Å². The van der Waals surface area contributed by atoms with Gasteiger partial charge in [-0.2, -0.15) is 5.10 Å². The van der Waals surface area contributed by atoms with E-state index < -0.39 is 5.82 Å². The van der Waals surface area contributed by atoms with Gasteiger partial charge in [-0.1, -0.05) is 12.1 Å². The Bertz CT molecular complexity index is 1800. The van der Waals surface area contributed by atoms with Crippen molar-refractivity contribution in [2.75, 3.05) is 13.1 Å². The van der Waals surface area contributed by atoms with E-state index in [9.17, 15) is 4.39 Å². The van der Waals surface area contributed by atoms with Gasteiger partial charge >= 0.3 is 0 Å². The van der Waals surface area contributed by atoms with E-state index in [0.29, 0.717) is 44.9 Å². The second-order valence-electron chi connectivity index (χ2n) is 9.50. The number of hydrogen-bond donors (Lipinski definition) is 2. The maximum atomic E-state index is 16.1. The summed E-state index contributed by atoms with van der Waals surface area (Å²) in [5.41, 5.74) is 4.99. The predicted octanol–water partition coefficient (Wildman–Crippen LogP) is 5.50. The third-order valence-corrected chi connectivity index (χ3v) is 6.96. The molecule has 1 fully saturated rings. The second-order valence-corrected chi connectivity index (χ2v) is 9.50. The normalized spacial score (nSPS) is 14.2. The zero-order valence-electron chi connectivity index (χ0n) is 20.2. The molecule has 1 aliphatic heterocycles. The quantitative estimate of drug-likeness (QED) is 0.319. The average molecular weight is 509 g/mol. The number of nitrogens with zero attached hydrogens (tertiary/aromatic N) is 6. The molecule has 0 atom stereocenters. The molecule has 0 spiro atoms. The van der Waals surface area contributed by atoms with Crippen LogP contribution < -0.4 is 0 Å². The maximum absolute atomic E-state index is 16.1. The van der Waals surface area contributed by atoms with Crippen molar-refractivity contribution < 1.29 is 8.78 Å². The summed E-state index contributed by atoms with van der Waals surface area (Å²) in [6.45, 7) is 2.91. The van der Waals surface area contributed by atoms with Gasteiger partial charge < -0.3 is 4.98 Å². The fraction of sp³-hybridized carbons (Fsp3) is 0.179. The van der Waals surface area contributed by atoms with Crippen molar-refractivity contribution in [3.8, 4) is 33.9 Å². The maximum Gasteiger partial charge on any atom is 0.161 e. The fourth-order valence-corrected chi connectivity index (χ4v) is 5.16. The van der Waals surface area contributed by atoms with E-state index >= 15 is 4.39 Å². The van der Waals surface area contributed by atoms with Crippen molar-refractivity contribution in [1.29, 1.82) is 0 Å². The Hall–Kier alpha value is -4.57. The first-order valence-electron chi connectivity index (χ1n) is 12.4. The SMILES string of the molecule is Fc1cccc(-c2ccnc3[nH]c(-c4n[nH]c5cnc(-c6cncc(CN7CCCC7)c6)c(F)c45)nc23)c1. The first kappa shape index (κ1) is 22.6. The lowest BCUT2D eigenvalue weighted by Gasteiger charge is -2.14. The summed E-state index contributed by atoms with van der Waals surface area (Å²) in [5.74, 6) is -0.507. The Kier molecular flexibility index (Phi) is 5.40. The van der Waals surface area contributed by atoms with Gasteiger partial charge in [-0.15, -0.1) is 0 Å². The van der Waals surface area contributed by atoms with Crippen LogP contribution in [0.5, 0.6) is 0 Å². The van der Waals surface area contributed by atoms with Crippen LogP contribution in [-0.2, 0) is 6.54 Å². The molecule has 38 heavy (non-hydrogen) atoms. The Morgan fingerprint density at radius 2 is 1.82 bits per heavy atom. The zero-order chi connectivity index (χ0) is 25.6. The minimum absolute atomic E-state index is 0.200. The van der Waals surface area contributed by atoms with Crippen molar-refractivity contribution in [2.45, 2.75) is 19.4 Å². The van der Waals surface area contributed by atoms with Crippen LogP contribution >= 0.6 is 0 Å². The molecule has 8 nitrogen and oxygen atoms in total. The lowest BCUT2D eigenvalue weighted by atomic mass is 10.1. The minimum atomic E-state index is -0.509. The third-order valence-electron chi connectivity index (χ3n) is 6.96. The molecule has 0 saturated carbocycles. The Balaban J connectivity index is 1.31. The van der Waals surface area contributed by atoms with Gasteiger partial charge in [0.1, 0.15) is 22.7 Å². The molecule has 188 valence electrons. The van der Waals surface area contributed by atoms with Crippen LogP contribution in [-0.4, -0.2) is 53.1 Å². The van der Waals surface area contributed by atoms with Gasteiger partial charge in [0, 0.05) is 36.3 Å². The van der Waals surface area contributed by atoms with E-state index in [1.807, 2.05) is 12.3 Å². The van der Waals surface area contributed by atoms with Gasteiger partial charge in [0.2, 0.25) is 0 Å². The molecule has 5 aromatic heterocycles. The van der Waals surface area contributed by atoms with Gasteiger partial charge in [0.05, 0.1) is 17.1 Å². The predicted molar refractivity (Wildman–Crippen MR) is 140 cm³/mol. The lowest BCUT2D eigenvalue weighted by Crippen LogP contribution is -2.18. The fourth-order valence-electron chi connectivity index (χ4n) is 5.16. The molecule has 0 bridgehead atoms.